The molecule has 3 aliphatic heterocycles. The summed E-state index contributed by atoms with van der Waals surface area (Å²) in [5.41, 5.74) is 3.46. The SMILES string of the molecule is COc1ccnc2c1C(C1CCN(c3cc(C(=O)C[C@@H]4CC[C@H]4O)nc(OC[C@H]4CCCO4)n3)CC1)=NC2. The van der Waals surface area contributed by atoms with Crippen LogP contribution in [0.25, 0.3) is 0 Å². The Labute approximate surface area is 222 Å². The smallest absolute Gasteiger partial charge is 0.319 e. The first-order valence-corrected chi connectivity index (χ1v) is 13.8. The zero-order valence-electron chi connectivity index (χ0n) is 21.8. The summed E-state index contributed by atoms with van der Waals surface area (Å²) in [6, 6.07) is 3.89. The molecule has 2 aromatic rings. The van der Waals surface area contributed by atoms with Gasteiger partial charge in [0.05, 0.1) is 42.8 Å². The average molecular weight is 522 g/mol. The monoisotopic (exact) mass is 521 g/mol. The topological polar surface area (TPSA) is 119 Å². The zero-order chi connectivity index (χ0) is 26.1. The van der Waals surface area contributed by atoms with E-state index in [-0.39, 0.29) is 23.8 Å². The van der Waals surface area contributed by atoms with Gasteiger partial charge in [-0.1, -0.05) is 0 Å². The Morgan fingerprint density at radius 2 is 2.05 bits per heavy atom. The maximum atomic E-state index is 13.1. The van der Waals surface area contributed by atoms with Gasteiger partial charge in [-0.05, 0) is 50.5 Å². The molecular formula is C28H35N5O5. The summed E-state index contributed by atoms with van der Waals surface area (Å²) in [6.07, 6.45) is 7.12. The van der Waals surface area contributed by atoms with Crippen LogP contribution in [-0.2, 0) is 11.3 Å². The molecule has 2 saturated heterocycles. The van der Waals surface area contributed by atoms with E-state index in [1.165, 1.54) is 0 Å². The zero-order valence-corrected chi connectivity index (χ0v) is 21.8. The summed E-state index contributed by atoms with van der Waals surface area (Å²) < 4.78 is 17.2. The number of aromatic nitrogens is 3. The van der Waals surface area contributed by atoms with Gasteiger partial charge in [-0.2, -0.15) is 9.97 Å². The van der Waals surface area contributed by atoms with Gasteiger partial charge >= 0.3 is 6.01 Å². The maximum Gasteiger partial charge on any atom is 0.319 e. The summed E-state index contributed by atoms with van der Waals surface area (Å²) in [5.74, 6) is 1.77. The molecule has 38 heavy (non-hydrogen) atoms. The first kappa shape index (κ1) is 25.2. The van der Waals surface area contributed by atoms with Crippen LogP contribution < -0.4 is 14.4 Å². The molecule has 1 saturated carbocycles. The summed E-state index contributed by atoms with van der Waals surface area (Å²) in [6.45, 7) is 3.27. The Kier molecular flexibility index (Phi) is 7.25. The first-order chi connectivity index (χ1) is 18.6. The van der Waals surface area contributed by atoms with E-state index >= 15 is 0 Å². The third kappa shape index (κ3) is 5.11. The number of rotatable bonds is 9. The minimum absolute atomic E-state index is 0.00876. The Balaban J connectivity index is 1.17. The number of carbonyl (C=O) groups is 1. The lowest BCUT2D eigenvalue weighted by Gasteiger charge is -2.33. The quantitative estimate of drug-likeness (QED) is 0.497. The normalized spacial score (nSPS) is 25.1. The van der Waals surface area contributed by atoms with Crippen molar-refractivity contribution in [3.05, 3.63) is 35.3 Å². The number of Topliss-reactive ketones (excluding diaryl/α,β-unsaturated/α-hetero) is 1. The second-order valence-electron chi connectivity index (χ2n) is 10.7. The van der Waals surface area contributed by atoms with Gasteiger partial charge in [0.1, 0.15) is 23.9 Å². The predicted octanol–water partition coefficient (Wildman–Crippen LogP) is 3.00. The van der Waals surface area contributed by atoms with Crippen LogP contribution in [0.5, 0.6) is 11.8 Å². The molecule has 10 nitrogen and oxygen atoms in total. The Hall–Kier alpha value is -3.11. The molecule has 6 rings (SSSR count). The van der Waals surface area contributed by atoms with Crippen LogP contribution in [0.4, 0.5) is 5.82 Å². The minimum Gasteiger partial charge on any atom is -0.496 e. The van der Waals surface area contributed by atoms with Gasteiger partial charge in [0, 0.05) is 44.3 Å². The van der Waals surface area contributed by atoms with Crippen molar-refractivity contribution < 1.29 is 24.1 Å². The van der Waals surface area contributed by atoms with Crippen molar-refractivity contribution in [2.75, 3.05) is 38.3 Å². The van der Waals surface area contributed by atoms with Crippen LogP contribution in [0.1, 0.15) is 66.7 Å². The number of aliphatic imine (C=N–C) groups is 1. The van der Waals surface area contributed by atoms with Crippen LogP contribution >= 0.6 is 0 Å². The van der Waals surface area contributed by atoms with Gasteiger partial charge in [0.25, 0.3) is 0 Å². The second kappa shape index (κ2) is 10.9. The highest BCUT2D eigenvalue weighted by atomic mass is 16.5. The van der Waals surface area contributed by atoms with Gasteiger partial charge in [0.15, 0.2) is 5.78 Å². The van der Waals surface area contributed by atoms with Crippen LogP contribution in [0.3, 0.4) is 0 Å². The fourth-order valence-corrected chi connectivity index (χ4v) is 5.86. The molecular weight excluding hydrogens is 486 g/mol. The first-order valence-electron chi connectivity index (χ1n) is 13.8. The minimum atomic E-state index is -0.396. The summed E-state index contributed by atoms with van der Waals surface area (Å²) in [7, 11) is 1.69. The number of aliphatic hydroxyl groups excluding tert-OH is 1. The molecule has 10 heteroatoms. The number of anilines is 1. The molecule has 1 aliphatic carbocycles. The Bertz CT molecular complexity index is 1210. The van der Waals surface area contributed by atoms with Gasteiger partial charge in [0.2, 0.25) is 0 Å². The number of piperidine rings is 1. The molecule has 0 spiro atoms. The van der Waals surface area contributed by atoms with Crippen LogP contribution in [0.2, 0.25) is 0 Å². The van der Waals surface area contributed by atoms with E-state index in [4.69, 9.17) is 19.2 Å². The molecule has 0 unspecified atom stereocenters. The average Bonchev–Trinajstić information content (AvgIpc) is 3.64. The number of methoxy groups -OCH3 is 1. The standard InChI is InChI=1S/C28H35N5O5/c1-36-24-6-9-29-21-15-30-27(26(21)24)17-7-10-33(11-8-17)25-14-20(23(35)13-18-4-5-22(18)34)31-28(32-25)38-16-19-3-2-12-37-19/h6,9,14,17-19,22,34H,2-5,7-8,10-13,15-16H2,1H3/t18-,19+,22+/m0/s1. The molecule has 1 N–H and O–H groups in total. The van der Waals surface area contributed by atoms with Crippen molar-refractivity contribution in [3.8, 4) is 11.8 Å². The number of pyridine rings is 1. The molecule has 5 heterocycles. The van der Waals surface area contributed by atoms with Crippen molar-refractivity contribution in [1.82, 2.24) is 15.0 Å². The van der Waals surface area contributed by atoms with E-state index in [0.29, 0.717) is 37.0 Å². The Morgan fingerprint density at radius 1 is 1.18 bits per heavy atom. The third-order valence-corrected chi connectivity index (χ3v) is 8.30. The van der Waals surface area contributed by atoms with E-state index in [2.05, 4.69) is 19.9 Å². The molecule has 0 bridgehead atoms. The van der Waals surface area contributed by atoms with E-state index in [1.807, 2.05) is 6.07 Å². The maximum absolute atomic E-state index is 13.1. The lowest BCUT2D eigenvalue weighted by atomic mass is 9.78. The van der Waals surface area contributed by atoms with Crippen molar-refractivity contribution in [2.45, 2.75) is 63.7 Å². The molecule has 4 aliphatic rings. The highest BCUT2D eigenvalue weighted by Crippen LogP contribution is 2.35. The molecule has 2 aromatic heterocycles. The van der Waals surface area contributed by atoms with Gasteiger partial charge in [-0.25, -0.2) is 0 Å². The van der Waals surface area contributed by atoms with Crippen LogP contribution in [-0.4, -0.2) is 77.2 Å². The number of carbonyl (C=O) groups excluding carboxylic acids is 1. The summed E-state index contributed by atoms with van der Waals surface area (Å²) in [5, 5.41) is 9.98. The fourth-order valence-electron chi connectivity index (χ4n) is 5.86. The lowest BCUT2D eigenvalue weighted by molar-refractivity contribution is 0.0197. The molecule has 0 radical (unpaired) electrons. The summed E-state index contributed by atoms with van der Waals surface area (Å²) in [4.78, 5) is 33.8. The Morgan fingerprint density at radius 3 is 2.76 bits per heavy atom. The van der Waals surface area contributed by atoms with Crippen LogP contribution in [0.15, 0.2) is 23.3 Å². The van der Waals surface area contributed by atoms with Gasteiger partial charge in [-0.15, -0.1) is 0 Å². The largest absolute Gasteiger partial charge is 0.496 e. The number of hydrogen-bond acceptors (Lipinski definition) is 10. The lowest BCUT2D eigenvalue weighted by Crippen LogP contribution is -2.37. The number of nitrogens with zero attached hydrogens (tertiary/aromatic N) is 5. The summed E-state index contributed by atoms with van der Waals surface area (Å²) >= 11 is 0. The van der Waals surface area contributed by atoms with Crippen molar-refractivity contribution in [2.24, 2.45) is 16.8 Å². The van der Waals surface area contributed by atoms with E-state index in [1.54, 1.807) is 19.4 Å². The molecule has 0 aromatic carbocycles. The fraction of sp³-hybridized carbons (Fsp3) is 0.607. The van der Waals surface area contributed by atoms with Gasteiger partial charge < -0.3 is 24.2 Å². The highest BCUT2D eigenvalue weighted by molar-refractivity contribution is 6.07. The van der Waals surface area contributed by atoms with Gasteiger partial charge in [-0.3, -0.25) is 14.8 Å². The van der Waals surface area contributed by atoms with E-state index in [9.17, 15) is 9.90 Å². The van der Waals surface area contributed by atoms with E-state index in [0.717, 1.165) is 80.9 Å². The molecule has 3 atom stereocenters. The second-order valence-corrected chi connectivity index (χ2v) is 10.7. The third-order valence-electron chi connectivity index (χ3n) is 8.30. The highest BCUT2D eigenvalue weighted by Gasteiger charge is 2.33. The van der Waals surface area contributed by atoms with E-state index < -0.39 is 6.10 Å². The molecule has 0 amide bonds. The van der Waals surface area contributed by atoms with Crippen molar-refractivity contribution in [3.63, 3.8) is 0 Å². The predicted molar refractivity (Wildman–Crippen MR) is 140 cm³/mol. The van der Waals surface area contributed by atoms with Crippen molar-refractivity contribution >= 4 is 17.3 Å². The number of aliphatic hydroxyl groups is 1. The van der Waals surface area contributed by atoms with Crippen molar-refractivity contribution in [1.29, 1.82) is 0 Å². The molecule has 3 fully saturated rings. The number of ketones is 1. The number of fused-ring (bicyclic) bond motifs is 1. The molecule has 202 valence electrons. The number of ether oxygens (including phenoxy) is 3. The van der Waals surface area contributed by atoms with Crippen LogP contribution in [0, 0.1) is 11.8 Å². The number of hydrogen-bond donors (Lipinski definition) is 1.